The standard InChI is InChI=1S/C13H14Cl2O/c14-12(16)13(15,11-8-4-5-9-11)10-6-2-1-3-7-10/h1-3,6-7,11H,4-5,8-9H2/t13-/m0/s1. The summed E-state index contributed by atoms with van der Waals surface area (Å²) in [7, 11) is 0. The van der Waals surface area contributed by atoms with Crippen LogP contribution in [0.5, 0.6) is 0 Å². The van der Waals surface area contributed by atoms with Gasteiger partial charge in [0.05, 0.1) is 0 Å². The lowest BCUT2D eigenvalue weighted by Gasteiger charge is -2.29. The average Bonchev–Trinajstić information content (AvgIpc) is 2.82. The van der Waals surface area contributed by atoms with Crippen LogP contribution < -0.4 is 0 Å². The van der Waals surface area contributed by atoms with Crippen LogP contribution >= 0.6 is 23.2 Å². The van der Waals surface area contributed by atoms with E-state index in [1.54, 1.807) is 0 Å². The Bertz CT molecular complexity index is 371. The fourth-order valence-electron chi connectivity index (χ4n) is 2.51. The van der Waals surface area contributed by atoms with Crippen LogP contribution in [0.3, 0.4) is 0 Å². The molecule has 0 aliphatic heterocycles. The molecule has 0 saturated heterocycles. The third-order valence-corrected chi connectivity index (χ3v) is 4.49. The van der Waals surface area contributed by atoms with Crippen molar-refractivity contribution in [3.8, 4) is 0 Å². The van der Waals surface area contributed by atoms with Crippen LogP contribution in [0.1, 0.15) is 31.2 Å². The van der Waals surface area contributed by atoms with E-state index in [9.17, 15) is 4.79 Å². The van der Waals surface area contributed by atoms with Gasteiger partial charge in [0.2, 0.25) is 5.24 Å². The second-order valence-electron chi connectivity index (χ2n) is 4.33. The normalized spacial score (nSPS) is 20.6. The molecule has 0 aromatic heterocycles. The van der Waals surface area contributed by atoms with Gasteiger partial charge in [0.1, 0.15) is 4.87 Å². The van der Waals surface area contributed by atoms with Crippen LogP contribution in [0.15, 0.2) is 30.3 Å². The minimum absolute atomic E-state index is 0.168. The van der Waals surface area contributed by atoms with Crippen molar-refractivity contribution < 1.29 is 4.79 Å². The molecule has 2 rings (SSSR count). The fourth-order valence-corrected chi connectivity index (χ4v) is 3.12. The van der Waals surface area contributed by atoms with Crippen LogP contribution in [-0.4, -0.2) is 5.24 Å². The van der Waals surface area contributed by atoms with Crippen LogP contribution in [0, 0.1) is 5.92 Å². The molecule has 1 aromatic carbocycles. The molecule has 1 aromatic rings. The highest BCUT2D eigenvalue weighted by Crippen LogP contribution is 2.46. The summed E-state index contributed by atoms with van der Waals surface area (Å²) in [5.74, 6) is 0.168. The summed E-state index contributed by atoms with van der Waals surface area (Å²) >= 11 is 12.3. The molecule has 0 unspecified atom stereocenters. The highest BCUT2D eigenvalue weighted by atomic mass is 35.5. The van der Waals surface area contributed by atoms with Crippen LogP contribution in [0.2, 0.25) is 0 Å². The predicted octanol–water partition coefficient (Wildman–Crippen LogP) is 4.08. The minimum atomic E-state index is -1.03. The molecule has 0 radical (unpaired) electrons. The summed E-state index contributed by atoms with van der Waals surface area (Å²) in [5, 5.41) is -0.452. The Hall–Kier alpha value is -0.530. The van der Waals surface area contributed by atoms with Crippen molar-refractivity contribution in [3.05, 3.63) is 35.9 Å². The van der Waals surface area contributed by atoms with E-state index in [0.717, 1.165) is 31.2 Å². The molecule has 1 atom stereocenters. The van der Waals surface area contributed by atoms with E-state index in [2.05, 4.69) is 0 Å². The van der Waals surface area contributed by atoms with Gasteiger partial charge in [-0.05, 0) is 35.9 Å². The van der Waals surface area contributed by atoms with Crippen molar-refractivity contribution in [3.63, 3.8) is 0 Å². The van der Waals surface area contributed by atoms with E-state index < -0.39 is 10.1 Å². The molecule has 3 heteroatoms. The number of carbonyl (C=O) groups is 1. The van der Waals surface area contributed by atoms with Crippen molar-refractivity contribution in [2.45, 2.75) is 30.6 Å². The number of hydrogen-bond donors (Lipinski definition) is 0. The largest absolute Gasteiger partial charge is 0.279 e. The quantitative estimate of drug-likeness (QED) is 0.589. The first-order valence-corrected chi connectivity index (χ1v) is 6.35. The lowest BCUT2D eigenvalue weighted by molar-refractivity contribution is -0.115. The Kier molecular flexibility index (Phi) is 3.56. The average molecular weight is 257 g/mol. The number of hydrogen-bond acceptors (Lipinski definition) is 1. The van der Waals surface area contributed by atoms with Gasteiger partial charge in [-0.2, -0.15) is 0 Å². The molecule has 1 nitrogen and oxygen atoms in total. The van der Waals surface area contributed by atoms with E-state index in [1.165, 1.54) is 0 Å². The van der Waals surface area contributed by atoms with Gasteiger partial charge in [0.15, 0.2) is 0 Å². The van der Waals surface area contributed by atoms with Gasteiger partial charge in [-0.15, -0.1) is 11.6 Å². The van der Waals surface area contributed by atoms with Gasteiger partial charge in [-0.3, -0.25) is 4.79 Å². The molecule has 1 aliphatic rings. The smallest absolute Gasteiger partial charge is 0.247 e. The van der Waals surface area contributed by atoms with E-state index in [1.807, 2.05) is 30.3 Å². The van der Waals surface area contributed by atoms with Crippen molar-refractivity contribution in [1.29, 1.82) is 0 Å². The molecule has 16 heavy (non-hydrogen) atoms. The molecule has 1 aliphatic carbocycles. The van der Waals surface area contributed by atoms with Crippen LogP contribution in [-0.2, 0) is 9.67 Å². The third-order valence-electron chi connectivity index (χ3n) is 3.40. The second kappa shape index (κ2) is 4.77. The van der Waals surface area contributed by atoms with Gasteiger partial charge >= 0.3 is 0 Å². The zero-order valence-electron chi connectivity index (χ0n) is 8.96. The number of rotatable bonds is 3. The Morgan fingerprint density at radius 1 is 1.19 bits per heavy atom. The van der Waals surface area contributed by atoms with Gasteiger partial charge in [0, 0.05) is 0 Å². The van der Waals surface area contributed by atoms with E-state index >= 15 is 0 Å². The van der Waals surface area contributed by atoms with E-state index in [0.29, 0.717) is 0 Å². The summed E-state index contributed by atoms with van der Waals surface area (Å²) in [6.45, 7) is 0. The number of benzene rings is 1. The minimum Gasteiger partial charge on any atom is -0.279 e. The summed E-state index contributed by atoms with van der Waals surface area (Å²) in [6, 6.07) is 9.45. The highest BCUT2D eigenvalue weighted by molar-refractivity contribution is 6.70. The van der Waals surface area contributed by atoms with Gasteiger partial charge in [-0.1, -0.05) is 43.2 Å². The zero-order valence-corrected chi connectivity index (χ0v) is 10.5. The van der Waals surface area contributed by atoms with Crippen molar-refractivity contribution in [2.75, 3.05) is 0 Å². The lowest BCUT2D eigenvalue weighted by atomic mass is 9.85. The van der Waals surface area contributed by atoms with Crippen LogP contribution in [0.25, 0.3) is 0 Å². The van der Waals surface area contributed by atoms with E-state index in [-0.39, 0.29) is 5.92 Å². The maximum atomic E-state index is 11.7. The second-order valence-corrected chi connectivity index (χ2v) is 5.27. The van der Waals surface area contributed by atoms with Crippen LogP contribution in [0.4, 0.5) is 0 Å². The molecule has 0 amide bonds. The molecular weight excluding hydrogens is 243 g/mol. The molecule has 1 fully saturated rings. The zero-order chi connectivity index (χ0) is 11.6. The van der Waals surface area contributed by atoms with Gasteiger partial charge in [-0.25, -0.2) is 0 Å². The molecule has 0 N–H and O–H groups in total. The number of carbonyl (C=O) groups excluding carboxylic acids is 1. The van der Waals surface area contributed by atoms with Gasteiger partial charge in [0.25, 0.3) is 0 Å². The third kappa shape index (κ3) is 1.99. The molecule has 0 spiro atoms. The first-order chi connectivity index (χ1) is 7.65. The molecule has 86 valence electrons. The highest BCUT2D eigenvalue weighted by Gasteiger charge is 2.45. The predicted molar refractivity (Wildman–Crippen MR) is 66.8 cm³/mol. The lowest BCUT2D eigenvalue weighted by Crippen LogP contribution is -2.33. The van der Waals surface area contributed by atoms with Crippen molar-refractivity contribution in [1.82, 2.24) is 0 Å². The maximum Gasteiger partial charge on any atom is 0.247 e. The Labute approximate surface area is 106 Å². The van der Waals surface area contributed by atoms with Gasteiger partial charge < -0.3 is 0 Å². The molecular formula is C13H14Cl2O. The number of halogens is 2. The monoisotopic (exact) mass is 256 g/mol. The molecule has 0 bridgehead atoms. The van der Waals surface area contributed by atoms with E-state index in [4.69, 9.17) is 23.2 Å². The molecule has 0 heterocycles. The SMILES string of the molecule is O=C(Cl)[C@](Cl)(c1ccccc1)C1CCCC1. The summed E-state index contributed by atoms with van der Waals surface area (Å²) < 4.78 is 0. The molecule has 1 saturated carbocycles. The maximum absolute atomic E-state index is 11.7. The summed E-state index contributed by atoms with van der Waals surface area (Å²) in [4.78, 5) is 10.7. The number of alkyl halides is 1. The first-order valence-electron chi connectivity index (χ1n) is 5.60. The Balaban J connectivity index is 2.39. The Morgan fingerprint density at radius 2 is 1.75 bits per heavy atom. The van der Waals surface area contributed by atoms with Crippen molar-refractivity contribution in [2.24, 2.45) is 5.92 Å². The fraction of sp³-hybridized carbons (Fsp3) is 0.462. The summed E-state index contributed by atoms with van der Waals surface area (Å²) in [5.41, 5.74) is 0.823. The topological polar surface area (TPSA) is 17.1 Å². The summed E-state index contributed by atoms with van der Waals surface area (Å²) in [6.07, 6.45) is 4.24. The Morgan fingerprint density at radius 3 is 2.25 bits per heavy atom. The first kappa shape index (κ1) is 11.9. The van der Waals surface area contributed by atoms with Crippen molar-refractivity contribution >= 4 is 28.4 Å².